The first-order valence-corrected chi connectivity index (χ1v) is 7.82. The van der Waals surface area contributed by atoms with Crippen molar-refractivity contribution >= 4 is 0 Å². The average molecular weight is 262 g/mol. The van der Waals surface area contributed by atoms with Crippen LogP contribution in [0.4, 0.5) is 0 Å². The molecule has 1 aromatic rings. The molecule has 0 unspecified atom stereocenters. The number of ether oxygens (including phenoxy) is 1. The van der Waals surface area contributed by atoms with Crippen molar-refractivity contribution in [3.05, 3.63) is 24.0 Å². The van der Waals surface area contributed by atoms with Gasteiger partial charge in [-0.1, -0.05) is 6.42 Å². The van der Waals surface area contributed by atoms with Crippen molar-refractivity contribution in [1.29, 1.82) is 0 Å². The highest BCUT2D eigenvalue weighted by Crippen LogP contribution is 2.29. The van der Waals surface area contributed by atoms with Gasteiger partial charge in [0.1, 0.15) is 0 Å². The van der Waals surface area contributed by atoms with Gasteiger partial charge < -0.3 is 9.30 Å². The van der Waals surface area contributed by atoms with Crippen LogP contribution in [0.15, 0.2) is 18.3 Å². The Morgan fingerprint density at radius 2 is 2.21 bits per heavy atom. The van der Waals surface area contributed by atoms with E-state index >= 15 is 0 Å². The van der Waals surface area contributed by atoms with E-state index in [9.17, 15) is 0 Å². The number of hydrogen-bond donors (Lipinski definition) is 0. The molecule has 1 fully saturated rings. The number of rotatable bonds is 5. The lowest BCUT2D eigenvalue weighted by Gasteiger charge is -2.38. The lowest BCUT2D eigenvalue weighted by atomic mass is 9.90. The third kappa shape index (κ3) is 3.03. The Kier molecular flexibility index (Phi) is 4.24. The van der Waals surface area contributed by atoms with Crippen LogP contribution in [0.5, 0.6) is 0 Å². The van der Waals surface area contributed by atoms with Gasteiger partial charge in [-0.25, -0.2) is 0 Å². The van der Waals surface area contributed by atoms with Gasteiger partial charge in [0.25, 0.3) is 0 Å². The lowest BCUT2D eigenvalue weighted by molar-refractivity contribution is 0.0841. The Bertz CT molecular complexity index is 397. The molecule has 0 saturated heterocycles. The number of hydrogen-bond acceptors (Lipinski definition) is 2. The SMILES string of the molecule is CCOCC[C@@H]1CN(C2CCC2)Cc2cccn2C1. The number of nitrogens with zero attached hydrogens (tertiary/aromatic N) is 2. The number of aromatic nitrogens is 1. The fourth-order valence-corrected chi connectivity index (χ4v) is 3.32. The molecule has 2 heterocycles. The van der Waals surface area contributed by atoms with E-state index in [1.165, 1.54) is 44.5 Å². The molecule has 0 radical (unpaired) electrons. The van der Waals surface area contributed by atoms with E-state index in [0.29, 0.717) is 0 Å². The summed E-state index contributed by atoms with van der Waals surface area (Å²) in [6.07, 6.45) is 7.66. The van der Waals surface area contributed by atoms with Crippen molar-refractivity contribution in [2.75, 3.05) is 19.8 Å². The van der Waals surface area contributed by atoms with E-state index in [2.05, 4.69) is 34.7 Å². The second-order valence-corrected chi connectivity index (χ2v) is 6.02. The summed E-state index contributed by atoms with van der Waals surface area (Å²) in [5, 5.41) is 0. The maximum atomic E-state index is 5.55. The van der Waals surface area contributed by atoms with E-state index < -0.39 is 0 Å². The van der Waals surface area contributed by atoms with Crippen LogP contribution in [0.25, 0.3) is 0 Å². The van der Waals surface area contributed by atoms with Gasteiger partial charge in [0.15, 0.2) is 0 Å². The van der Waals surface area contributed by atoms with Crippen LogP contribution in [0.3, 0.4) is 0 Å². The summed E-state index contributed by atoms with van der Waals surface area (Å²) in [6, 6.07) is 5.33. The zero-order valence-electron chi connectivity index (χ0n) is 12.1. The van der Waals surface area contributed by atoms with Crippen LogP contribution in [0, 0.1) is 5.92 Å². The van der Waals surface area contributed by atoms with Crippen molar-refractivity contribution in [1.82, 2.24) is 9.47 Å². The Morgan fingerprint density at radius 1 is 1.32 bits per heavy atom. The third-order valence-electron chi connectivity index (χ3n) is 4.70. The molecule has 0 spiro atoms. The van der Waals surface area contributed by atoms with E-state index in [4.69, 9.17) is 4.74 Å². The summed E-state index contributed by atoms with van der Waals surface area (Å²) in [5.74, 6) is 0.737. The normalized spacial score (nSPS) is 24.8. The smallest absolute Gasteiger partial charge is 0.0469 e. The molecular weight excluding hydrogens is 236 g/mol. The Hall–Kier alpha value is -0.800. The zero-order valence-corrected chi connectivity index (χ0v) is 12.1. The highest BCUT2D eigenvalue weighted by Gasteiger charge is 2.29. The highest BCUT2D eigenvalue weighted by atomic mass is 16.5. The van der Waals surface area contributed by atoms with Crippen LogP contribution in [0.2, 0.25) is 0 Å². The topological polar surface area (TPSA) is 17.4 Å². The molecule has 3 nitrogen and oxygen atoms in total. The lowest BCUT2D eigenvalue weighted by Crippen LogP contribution is -2.41. The maximum absolute atomic E-state index is 5.55. The van der Waals surface area contributed by atoms with E-state index in [0.717, 1.165) is 31.7 Å². The minimum Gasteiger partial charge on any atom is -0.382 e. The fraction of sp³-hybridized carbons (Fsp3) is 0.750. The summed E-state index contributed by atoms with van der Waals surface area (Å²) in [4.78, 5) is 2.72. The average Bonchev–Trinajstić information content (AvgIpc) is 2.68. The zero-order chi connectivity index (χ0) is 13.1. The van der Waals surface area contributed by atoms with Crippen LogP contribution in [-0.2, 0) is 17.8 Å². The summed E-state index contributed by atoms with van der Waals surface area (Å²) in [6.45, 7) is 7.39. The van der Waals surface area contributed by atoms with Crippen molar-refractivity contribution in [3.63, 3.8) is 0 Å². The standard InChI is InChI=1S/C16H26N2O/c1-2-19-10-8-14-11-17-9-4-7-16(17)13-18(12-14)15-5-3-6-15/h4,7,9,14-15H,2-3,5-6,8,10-13H2,1H3/t14-/m0/s1. The molecule has 1 saturated carbocycles. The molecule has 19 heavy (non-hydrogen) atoms. The molecule has 1 aliphatic carbocycles. The van der Waals surface area contributed by atoms with E-state index in [1.54, 1.807) is 0 Å². The molecular formula is C16H26N2O. The predicted molar refractivity (Wildman–Crippen MR) is 77.1 cm³/mol. The first-order chi connectivity index (χ1) is 9.36. The second kappa shape index (κ2) is 6.10. The second-order valence-electron chi connectivity index (χ2n) is 6.02. The molecule has 2 aliphatic rings. The van der Waals surface area contributed by atoms with Gasteiger partial charge in [-0.15, -0.1) is 0 Å². The first-order valence-electron chi connectivity index (χ1n) is 7.82. The van der Waals surface area contributed by atoms with Gasteiger partial charge in [0.05, 0.1) is 0 Å². The van der Waals surface area contributed by atoms with Crippen molar-refractivity contribution in [2.24, 2.45) is 5.92 Å². The third-order valence-corrected chi connectivity index (χ3v) is 4.70. The Labute approximate surface area is 116 Å². The minimum absolute atomic E-state index is 0.737. The van der Waals surface area contributed by atoms with Crippen molar-refractivity contribution in [3.8, 4) is 0 Å². The molecule has 1 aliphatic heterocycles. The maximum Gasteiger partial charge on any atom is 0.0469 e. The van der Waals surface area contributed by atoms with Crippen molar-refractivity contribution in [2.45, 2.75) is 51.7 Å². The molecule has 1 atom stereocenters. The van der Waals surface area contributed by atoms with Crippen LogP contribution < -0.4 is 0 Å². The summed E-state index contributed by atoms with van der Waals surface area (Å²) in [7, 11) is 0. The van der Waals surface area contributed by atoms with E-state index in [-0.39, 0.29) is 0 Å². The Balaban J connectivity index is 1.67. The largest absolute Gasteiger partial charge is 0.382 e. The van der Waals surface area contributed by atoms with Crippen LogP contribution in [0.1, 0.15) is 38.3 Å². The predicted octanol–water partition coefficient (Wildman–Crippen LogP) is 2.90. The molecule has 0 amide bonds. The van der Waals surface area contributed by atoms with Crippen LogP contribution >= 0.6 is 0 Å². The molecule has 3 heteroatoms. The summed E-state index contributed by atoms with van der Waals surface area (Å²) < 4.78 is 8.01. The Morgan fingerprint density at radius 3 is 2.95 bits per heavy atom. The van der Waals surface area contributed by atoms with Gasteiger partial charge in [0.2, 0.25) is 0 Å². The summed E-state index contributed by atoms with van der Waals surface area (Å²) >= 11 is 0. The fourth-order valence-electron chi connectivity index (χ4n) is 3.32. The minimum atomic E-state index is 0.737. The van der Waals surface area contributed by atoms with Crippen molar-refractivity contribution < 1.29 is 4.74 Å². The quantitative estimate of drug-likeness (QED) is 0.759. The first kappa shape index (κ1) is 13.2. The van der Waals surface area contributed by atoms with Gasteiger partial charge >= 0.3 is 0 Å². The molecule has 0 N–H and O–H groups in total. The molecule has 1 aromatic heterocycles. The molecule has 0 bridgehead atoms. The summed E-state index contributed by atoms with van der Waals surface area (Å²) in [5.41, 5.74) is 1.49. The van der Waals surface area contributed by atoms with Crippen LogP contribution in [-0.4, -0.2) is 35.3 Å². The van der Waals surface area contributed by atoms with Gasteiger partial charge in [0, 0.05) is 50.8 Å². The van der Waals surface area contributed by atoms with Gasteiger partial charge in [-0.3, -0.25) is 4.90 Å². The molecule has 3 rings (SSSR count). The van der Waals surface area contributed by atoms with Gasteiger partial charge in [-0.05, 0) is 44.2 Å². The van der Waals surface area contributed by atoms with Gasteiger partial charge in [-0.2, -0.15) is 0 Å². The van der Waals surface area contributed by atoms with E-state index in [1.807, 2.05) is 0 Å². The highest BCUT2D eigenvalue weighted by molar-refractivity contribution is 5.09. The monoisotopic (exact) mass is 262 g/mol. The number of fused-ring (bicyclic) bond motifs is 1. The molecule has 106 valence electrons. The molecule has 0 aromatic carbocycles.